The SMILES string of the molecule is CCOc1ccccc1N(CC(=O)N(Cc1cccc(OC)c1)[C@H](C)C(=O)NC(C)C)S(=O)(=O)c1ccc(Cl)cc1. The topological polar surface area (TPSA) is 105 Å². The molecule has 0 heterocycles. The van der Waals surface area contributed by atoms with E-state index in [1.54, 1.807) is 56.3 Å². The second-order valence-electron chi connectivity index (χ2n) is 9.58. The van der Waals surface area contributed by atoms with E-state index >= 15 is 0 Å². The van der Waals surface area contributed by atoms with Crippen molar-refractivity contribution in [1.29, 1.82) is 0 Å². The minimum atomic E-state index is -4.26. The summed E-state index contributed by atoms with van der Waals surface area (Å²) < 4.78 is 40.1. The number of hydrogen-bond acceptors (Lipinski definition) is 6. The molecular formula is C30H36ClN3O6S. The third kappa shape index (κ3) is 8.14. The number of sulfonamides is 1. The van der Waals surface area contributed by atoms with Crippen LogP contribution in [0.25, 0.3) is 0 Å². The maximum atomic E-state index is 14.1. The van der Waals surface area contributed by atoms with Crippen LogP contribution >= 0.6 is 11.6 Å². The molecule has 0 spiro atoms. The second-order valence-corrected chi connectivity index (χ2v) is 11.9. The zero-order valence-corrected chi connectivity index (χ0v) is 25.4. The molecule has 3 rings (SSSR count). The van der Waals surface area contributed by atoms with Crippen molar-refractivity contribution < 1.29 is 27.5 Å². The number of anilines is 1. The van der Waals surface area contributed by atoms with Crippen molar-refractivity contribution in [1.82, 2.24) is 10.2 Å². The van der Waals surface area contributed by atoms with E-state index in [0.29, 0.717) is 22.1 Å². The molecule has 0 aliphatic rings. The Hall–Kier alpha value is -3.76. The Balaban J connectivity index is 2.09. The van der Waals surface area contributed by atoms with Crippen LogP contribution in [0.3, 0.4) is 0 Å². The van der Waals surface area contributed by atoms with Gasteiger partial charge in [-0.25, -0.2) is 8.42 Å². The number of para-hydroxylation sites is 2. The molecule has 1 atom stereocenters. The van der Waals surface area contributed by atoms with Crippen molar-refractivity contribution in [2.75, 3.05) is 24.6 Å². The molecule has 0 saturated heterocycles. The van der Waals surface area contributed by atoms with Crippen LogP contribution in [0.4, 0.5) is 5.69 Å². The number of nitrogens with zero attached hydrogens (tertiary/aromatic N) is 2. The molecule has 0 saturated carbocycles. The summed E-state index contributed by atoms with van der Waals surface area (Å²) >= 11 is 6.01. The van der Waals surface area contributed by atoms with Gasteiger partial charge in [-0.2, -0.15) is 0 Å². The third-order valence-corrected chi connectivity index (χ3v) is 8.23. The van der Waals surface area contributed by atoms with Crippen LogP contribution in [-0.2, 0) is 26.2 Å². The lowest BCUT2D eigenvalue weighted by Gasteiger charge is -2.32. The van der Waals surface area contributed by atoms with Crippen molar-refractivity contribution in [3.8, 4) is 11.5 Å². The molecule has 11 heteroatoms. The van der Waals surface area contributed by atoms with Gasteiger partial charge in [0.25, 0.3) is 10.0 Å². The van der Waals surface area contributed by atoms with Crippen molar-refractivity contribution in [3.05, 3.63) is 83.4 Å². The van der Waals surface area contributed by atoms with Gasteiger partial charge in [-0.15, -0.1) is 0 Å². The van der Waals surface area contributed by atoms with Crippen molar-refractivity contribution in [3.63, 3.8) is 0 Å². The molecule has 2 amide bonds. The van der Waals surface area contributed by atoms with Crippen LogP contribution in [0.15, 0.2) is 77.7 Å². The molecule has 3 aromatic carbocycles. The van der Waals surface area contributed by atoms with Crippen molar-refractivity contribution in [2.45, 2.75) is 51.2 Å². The smallest absolute Gasteiger partial charge is 0.264 e. The summed E-state index contributed by atoms with van der Waals surface area (Å²) in [5.41, 5.74) is 0.905. The summed E-state index contributed by atoms with van der Waals surface area (Å²) in [6, 6.07) is 18.4. The van der Waals surface area contributed by atoms with E-state index in [4.69, 9.17) is 21.1 Å². The Morgan fingerprint density at radius 3 is 2.29 bits per heavy atom. The van der Waals surface area contributed by atoms with Gasteiger partial charge in [-0.3, -0.25) is 13.9 Å². The largest absolute Gasteiger partial charge is 0.497 e. The Morgan fingerprint density at radius 1 is 0.976 bits per heavy atom. The monoisotopic (exact) mass is 601 g/mol. The minimum absolute atomic E-state index is 0.0463. The lowest BCUT2D eigenvalue weighted by molar-refractivity contribution is -0.139. The van der Waals surface area contributed by atoms with Crippen LogP contribution in [0.5, 0.6) is 11.5 Å². The Morgan fingerprint density at radius 2 is 1.66 bits per heavy atom. The number of carbonyl (C=O) groups excluding carboxylic acids is 2. The summed E-state index contributed by atoms with van der Waals surface area (Å²) in [5, 5.41) is 3.21. The molecule has 1 N–H and O–H groups in total. The van der Waals surface area contributed by atoms with Crippen molar-refractivity contribution >= 4 is 39.1 Å². The number of hydrogen-bond donors (Lipinski definition) is 1. The fraction of sp³-hybridized carbons (Fsp3) is 0.333. The average molecular weight is 602 g/mol. The zero-order valence-electron chi connectivity index (χ0n) is 23.8. The van der Waals surface area contributed by atoms with Gasteiger partial charge in [-0.05, 0) is 81.8 Å². The van der Waals surface area contributed by atoms with Gasteiger partial charge in [0.05, 0.1) is 24.3 Å². The quantitative estimate of drug-likeness (QED) is 0.299. The van der Waals surface area contributed by atoms with Crippen LogP contribution in [0.2, 0.25) is 5.02 Å². The first-order valence-electron chi connectivity index (χ1n) is 13.2. The average Bonchev–Trinajstić information content (AvgIpc) is 2.94. The van der Waals surface area contributed by atoms with Gasteiger partial charge in [0, 0.05) is 17.6 Å². The molecule has 0 unspecified atom stereocenters. The van der Waals surface area contributed by atoms with E-state index in [2.05, 4.69) is 5.32 Å². The first kappa shape index (κ1) is 31.8. The number of nitrogens with one attached hydrogen (secondary N) is 1. The maximum Gasteiger partial charge on any atom is 0.264 e. The molecule has 0 bridgehead atoms. The van der Waals surface area contributed by atoms with Crippen LogP contribution in [0, 0.1) is 0 Å². The van der Waals surface area contributed by atoms with Gasteiger partial charge >= 0.3 is 0 Å². The number of halogens is 1. The molecule has 0 fully saturated rings. The molecule has 0 aliphatic carbocycles. The highest BCUT2D eigenvalue weighted by Gasteiger charge is 2.34. The van der Waals surface area contributed by atoms with Crippen LogP contribution in [-0.4, -0.2) is 57.5 Å². The number of rotatable bonds is 13. The lowest BCUT2D eigenvalue weighted by Crippen LogP contribution is -2.52. The highest BCUT2D eigenvalue weighted by atomic mass is 35.5. The lowest BCUT2D eigenvalue weighted by atomic mass is 10.1. The molecule has 0 radical (unpaired) electrons. The third-order valence-electron chi connectivity index (χ3n) is 6.20. The summed E-state index contributed by atoms with van der Waals surface area (Å²) in [6.45, 7) is 6.79. The highest BCUT2D eigenvalue weighted by molar-refractivity contribution is 7.92. The number of amides is 2. The molecule has 220 valence electrons. The summed E-state index contributed by atoms with van der Waals surface area (Å²) in [6.07, 6.45) is 0. The van der Waals surface area contributed by atoms with E-state index in [1.807, 2.05) is 19.9 Å². The minimum Gasteiger partial charge on any atom is -0.497 e. The molecule has 0 aromatic heterocycles. The zero-order chi connectivity index (χ0) is 30.2. The van der Waals surface area contributed by atoms with Gasteiger partial charge in [-0.1, -0.05) is 35.9 Å². The van der Waals surface area contributed by atoms with E-state index in [0.717, 1.165) is 4.31 Å². The Bertz CT molecular complexity index is 1450. The fourth-order valence-electron chi connectivity index (χ4n) is 4.14. The normalized spacial score (nSPS) is 12.0. The first-order chi connectivity index (χ1) is 19.5. The molecular weight excluding hydrogens is 566 g/mol. The Labute approximate surface area is 247 Å². The Kier molecular flexibility index (Phi) is 11.0. The number of benzene rings is 3. The van der Waals surface area contributed by atoms with Gasteiger partial charge in [0.15, 0.2) is 0 Å². The predicted molar refractivity (Wildman–Crippen MR) is 160 cm³/mol. The van der Waals surface area contributed by atoms with Crippen LogP contribution in [0.1, 0.15) is 33.3 Å². The maximum absolute atomic E-state index is 14.1. The highest BCUT2D eigenvalue weighted by Crippen LogP contribution is 2.33. The molecule has 0 aliphatic heterocycles. The second kappa shape index (κ2) is 14.2. The van der Waals surface area contributed by atoms with E-state index in [-0.39, 0.29) is 35.7 Å². The van der Waals surface area contributed by atoms with E-state index < -0.39 is 28.5 Å². The number of carbonyl (C=O) groups is 2. The predicted octanol–water partition coefficient (Wildman–Crippen LogP) is 4.88. The fourth-order valence-corrected chi connectivity index (χ4v) is 5.69. The number of methoxy groups -OCH3 is 1. The summed E-state index contributed by atoms with van der Waals surface area (Å²) in [7, 11) is -2.72. The van der Waals surface area contributed by atoms with Gasteiger partial charge < -0.3 is 19.7 Å². The standard InChI is InChI=1S/C30H36ClN3O6S/c1-6-40-28-13-8-7-12-27(28)34(41(37,38)26-16-14-24(31)15-17-26)20-29(35)33(22(4)30(36)32-21(2)3)19-23-10-9-11-25(18-23)39-5/h7-18,21-22H,6,19-20H2,1-5H3,(H,32,36)/t22-/m1/s1. The van der Waals surface area contributed by atoms with Crippen molar-refractivity contribution in [2.24, 2.45) is 0 Å². The first-order valence-corrected chi connectivity index (χ1v) is 15.0. The van der Waals surface area contributed by atoms with Crippen LogP contribution < -0.4 is 19.1 Å². The van der Waals surface area contributed by atoms with Gasteiger partial charge in [0.2, 0.25) is 11.8 Å². The summed E-state index contributed by atoms with van der Waals surface area (Å²) in [5.74, 6) is -0.0572. The number of ether oxygens (including phenoxy) is 2. The molecule has 3 aromatic rings. The van der Waals surface area contributed by atoms with Gasteiger partial charge in [0.1, 0.15) is 24.1 Å². The summed E-state index contributed by atoms with van der Waals surface area (Å²) in [4.78, 5) is 28.4. The molecule has 9 nitrogen and oxygen atoms in total. The van der Waals surface area contributed by atoms with E-state index in [9.17, 15) is 18.0 Å². The van der Waals surface area contributed by atoms with E-state index in [1.165, 1.54) is 36.3 Å². The molecule has 41 heavy (non-hydrogen) atoms.